The third-order valence-corrected chi connectivity index (χ3v) is 2.59. The van der Waals surface area contributed by atoms with Crippen molar-refractivity contribution in [3.63, 3.8) is 0 Å². The second kappa shape index (κ2) is 4.33. The van der Waals surface area contributed by atoms with Crippen LogP contribution in [0.2, 0.25) is 0 Å². The summed E-state index contributed by atoms with van der Waals surface area (Å²) in [4.78, 5) is 0. The van der Waals surface area contributed by atoms with Crippen LogP contribution in [-0.4, -0.2) is 13.2 Å². The van der Waals surface area contributed by atoms with Crippen LogP contribution in [0.25, 0.3) is 0 Å². The lowest BCUT2D eigenvalue weighted by atomic mass is 10.1. The van der Waals surface area contributed by atoms with Crippen LogP contribution in [0.1, 0.15) is 24.0 Å². The molecule has 0 heterocycles. The Hall–Kier alpha value is -1.53. The van der Waals surface area contributed by atoms with Gasteiger partial charge >= 0.3 is 0 Å². The Morgan fingerprint density at radius 3 is 2.93 bits per heavy atom. The first-order chi connectivity index (χ1) is 7.33. The fourth-order valence-electron chi connectivity index (χ4n) is 1.49. The maximum Gasteiger partial charge on any atom is 0.119 e. The Morgan fingerprint density at radius 2 is 2.33 bits per heavy atom. The molecule has 78 valence electrons. The zero-order chi connectivity index (χ0) is 10.7. The number of ether oxygens (including phenoxy) is 1. The Morgan fingerprint density at radius 1 is 1.53 bits per heavy atom. The molecule has 0 atom stereocenters. The van der Waals surface area contributed by atoms with E-state index in [1.54, 1.807) is 7.11 Å². The van der Waals surface area contributed by atoms with Gasteiger partial charge in [0.05, 0.1) is 18.7 Å². The smallest absolute Gasteiger partial charge is 0.119 e. The van der Waals surface area contributed by atoms with Crippen molar-refractivity contribution < 1.29 is 4.74 Å². The van der Waals surface area contributed by atoms with Gasteiger partial charge in [-0.05, 0) is 36.6 Å². The second-order valence-corrected chi connectivity index (χ2v) is 3.79. The second-order valence-electron chi connectivity index (χ2n) is 3.79. The van der Waals surface area contributed by atoms with Crippen molar-refractivity contribution in [2.24, 2.45) is 0 Å². The molecule has 3 heteroatoms. The Kier molecular flexibility index (Phi) is 2.89. The predicted octanol–water partition coefficient (Wildman–Crippen LogP) is 1.82. The third kappa shape index (κ3) is 2.48. The van der Waals surface area contributed by atoms with Crippen LogP contribution in [0.3, 0.4) is 0 Å². The number of hydrogen-bond acceptors (Lipinski definition) is 3. The van der Waals surface area contributed by atoms with E-state index >= 15 is 0 Å². The van der Waals surface area contributed by atoms with Gasteiger partial charge in [0.15, 0.2) is 0 Å². The molecular weight excluding hydrogens is 188 g/mol. The number of rotatable bonds is 4. The predicted molar refractivity (Wildman–Crippen MR) is 57.6 cm³/mol. The van der Waals surface area contributed by atoms with Crippen molar-refractivity contribution in [2.45, 2.75) is 25.4 Å². The van der Waals surface area contributed by atoms with E-state index in [0.29, 0.717) is 6.04 Å². The average Bonchev–Trinajstić information content (AvgIpc) is 3.09. The summed E-state index contributed by atoms with van der Waals surface area (Å²) < 4.78 is 5.14. The molecule has 1 aliphatic carbocycles. The Balaban J connectivity index is 2.13. The number of methoxy groups -OCH3 is 1. The van der Waals surface area contributed by atoms with Gasteiger partial charge in [0.2, 0.25) is 0 Å². The highest BCUT2D eigenvalue weighted by Gasteiger charge is 2.20. The highest BCUT2D eigenvalue weighted by Crippen LogP contribution is 2.21. The molecule has 0 amide bonds. The van der Waals surface area contributed by atoms with Gasteiger partial charge in [0, 0.05) is 12.6 Å². The topological polar surface area (TPSA) is 45.0 Å². The van der Waals surface area contributed by atoms with Gasteiger partial charge in [-0.1, -0.05) is 0 Å². The van der Waals surface area contributed by atoms with Gasteiger partial charge in [0.25, 0.3) is 0 Å². The molecule has 0 aromatic heterocycles. The molecule has 0 aliphatic heterocycles. The summed E-state index contributed by atoms with van der Waals surface area (Å²) in [6, 6.07) is 8.40. The summed E-state index contributed by atoms with van der Waals surface area (Å²) >= 11 is 0. The largest absolute Gasteiger partial charge is 0.497 e. The van der Waals surface area contributed by atoms with Crippen LogP contribution in [0.4, 0.5) is 0 Å². The standard InChI is InChI=1S/C12H14N2O/c1-15-12-5-2-9(7-13)10(6-12)8-14-11-3-4-11/h2,5-6,11,14H,3-4,8H2,1H3. The van der Waals surface area contributed by atoms with Crippen molar-refractivity contribution in [3.05, 3.63) is 29.3 Å². The van der Waals surface area contributed by atoms with Crippen molar-refractivity contribution in [3.8, 4) is 11.8 Å². The number of nitrogens with one attached hydrogen (secondary N) is 1. The minimum atomic E-state index is 0.655. The van der Waals surface area contributed by atoms with E-state index in [9.17, 15) is 0 Å². The molecule has 0 unspecified atom stereocenters. The molecule has 1 aromatic carbocycles. The summed E-state index contributed by atoms with van der Waals surface area (Å²) in [5.74, 6) is 0.807. The fraction of sp³-hybridized carbons (Fsp3) is 0.417. The summed E-state index contributed by atoms with van der Waals surface area (Å²) in [5.41, 5.74) is 1.74. The zero-order valence-corrected chi connectivity index (χ0v) is 8.79. The van der Waals surface area contributed by atoms with Gasteiger partial charge in [-0.3, -0.25) is 0 Å². The van der Waals surface area contributed by atoms with E-state index < -0.39 is 0 Å². The summed E-state index contributed by atoms with van der Waals surface area (Å²) in [6.45, 7) is 0.755. The molecule has 1 N–H and O–H groups in total. The normalized spacial score (nSPS) is 14.7. The van der Waals surface area contributed by atoms with E-state index in [1.165, 1.54) is 12.8 Å². The Labute approximate surface area is 89.7 Å². The molecule has 1 fully saturated rings. The van der Waals surface area contributed by atoms with Crippen LogP contribution >= 0.6 is 0 Å². The van der Waals surface area contributed by atoms with Crippen molar-refractivity contribution in [1.29, 1.82) is 5.26 Å². The van der Waals surface area contributed by atoms with Crippen molar-refractivity contribution in [2.75, 3.05) is 7.11 Å². The number of benzene rings is 1. The molecule has 0 saturated heterocycles. The highest BCUT2D eigenvalue weighted by molar-refractivity contribution is 5.42. The van der Waals surface area contributed by atoms with Gasteiger partial charge in [-0.25, -0.2) is 0 Å². The molecule has 1 aromatic rings. The lowest BCUT2D eigenvalue weighted by Gasteiger charge is -2.07. The van der Waals surface area contributed by atoms with Crippen LogP contribution in [0.5, 0.6) is 5.75 Å². The summed E-state index contributed by atoms with van der Waals surface area (Å²) in [6.07, 6.45) is 2.51. The SMILES string of the molecule is COc1ccc(C#N)c(CNC2CC2)c1. The summed E-state index contributed by atoms with van der Waals surface area (Å²) in [7, 11) is 1.64. The number of nitriles is 1. The highest BCUT2D eigenvalue weighted by atomic mass is 16.5. The van der Waals surface area contributed by atoms with E-state index in [4.69, 9.17) is 10.00 Å². The maximum absolute atomic E-state index is 8.94. The number of nitrogens with zero attached hydrogens (tertiary/aromatic N) is 1. The zero-order valence-electron chi connectivity index (χ0n) is 8.79. The van der Waals surface area contributed by atoms with E-state index in [-0.39, 0.29) is 0 Å². The minimum absolute atomic E-state index is 0.655. The quantitative estimate of drug-likeness (QED) is 0.810. The van der Waals surface area contributed by atoms with E-state index in [2.05, 4.69) is 11.4 Å². The van der Waals surface area contributed by atoms with Crippen LogP contribution in [0.15, 0.2) is 18.2 Å². The molecule has 0 bridgehead atoms. The lowest BCUT2D eigenvalue weighted by Crippen LogP contribution is -2.16. The molecule has 3 nitrogen and oxygen atoms in total. The van der Waals surface area contributed by atoms with Gasteiger partial charge in [0.1, 0.15) is 5.75 Å². The van der Waals surface area contributed by atoms with Crippen LogP contribution in [0, 0.1) is 11.3 Å². The Bertz CT molecular complexity index is 391. The first-order valence-corrected chi connectivity index (χ1v) is 5.14. The lowest BCUT2D eigenvalue weighted by molar-refractivity contribution is 0.414. The molecule has 1 aliphatic rings. The van der Waals surface area contributed by atoms with Gasteiger partial charge in [-0.2, -0.15) is 5.26 Å². The molecular formula is C12H14N2O. The van der Waals surface area contributed by atoms with Crippen LogP contribution < -0.4 is 10.1 Å². The molecule has 0 radical (unpaired) electrons. The average molecular weight is 202 g/mol. The first-order valence-electron chi connectivity index (χ1n) is 5.14. The molecule has 1 saturated carbocycles. The summed E-state index contributed by atoms with van der Waals surface area (Å²) in [5, 5.41) is 12.3. The van der Waals surface area contributed by atoms with Gasteiger partial charge < -0.3 is 10.1 Å². The molecule has 2 rings (SSSR count). The third-order valence-electron chi connectivity index (χ3n) is 2.59. The maximum atomic E-state index is 8.94. The molecule has 0 spiro atoms. The van der Waals surface area contributed by atoms with Crippen molar-refractivity contribution in [1.82, 2.24) is 5.32 Å². The fourth-order valence-corrected chi connectivity index (χ4v) is 1.49. The van der Waals surface area contributed by atoms with Crippen molar-refractivity contribution >= 4 is 0 Å². The van der Waals surface area contributed by atoms with E-state index in [1.807, 2.05) is 18.2 Å². The van der Waals surface area contributed by atoms with Crippen LogP contribution in [-0.2, 0) is 6.54 Å². The first kappa shape index (κ1) is 10.0. The van der Waals surface area contributed by atoms with Gasteiger partial charge in [-0.15, -0.1) is 0 Å². The van der Waals surface area contributed by atoms with E-state index in [0.717, 1.165) is 23.4 Å². The number of hydrogen-bond donors (Lipinski definition) is 1. The molecule has 15 heavy (non-hydrogen) atoms. The monoisotopic (exact) mass is 202 g/mol. The minimum Gasteiger partial charge on any atom is -0.497 e.